The third-order valence-electron chi connectivity index (χ3n) is 20.6. The summed E-state index contributed by atoms with van der Waals surface area (Å²) >= 11 is 0. The lowest BCUT2D eigenvalue weighted by molar-refractivity contribution is 0.314. The van der Waals surface area contributed by atoms with Crippen molar-refractivity contribution in [1.82, 2.24) is 9.55 Å². The first kappa shape index (κ1) is 55.4. The van der Waals surface area contributed by atoms with E-state index in [0.717, 1.165) is 86.9 Å². The van der Waals surface area contributed by atoms with Crippen LogP contribution in [-0.2, 0) is 32.5 Å². The molecule has 9 aromatic carbocycles. The largest absolute Gasteiger partial charge is 0.457 e. The number of aryl methyl sites for hydroxylation is 1. The Morgan fingerprint density at radius 3 is 1.76 bits per heavy atom. The van der Waals surface area contributed by atoms with Gasteiger partial charge in [0, 0.05) is 55.6 Å². The minimum atomic E-state index is -2.48. The van der Waals surface area contributed by atoms with Crippen molar-refractivity contribution in [3.05, 3.63) is 239 Å². The molecule has 3 aliphatic rings. The first-order valence-electron chi connectivity index (χ1n) is 34.1. The Balaban J connectivity index is 0.905. The lowest BCUT2D eigenvalue weighted by Gasteiger charge is -2.49. The molecular weight excluding hydrogens is 1090 g/mol. The number of ether oxygens (including phenoxy) is 1. The summed E-state index contributed by atoms with van der Waals surface area (Å²) in [5, 5.41) is 2.06. The number of hydrogen-bond acceptors (Lipinski definition) is 4. The van der Waals surface area contributed by atoms with Gasteiger partial charge in [-0.15, -0.1) is 0 Å². The topological polar surface area (TPSA) is 33.5 Å². The molecule has 454 valence electrons. The van der Waals surface area contributed by atoms with Gasteiger partial charge in [-0.2, -0.15) is 0 Å². The van der Waals surface area contributed by atoms with Crippen LogP contribution in [0.2, 0.25) is 0 Å². The average Bonchev–Trinajstić information content (AvgIpc) is 1.01. The fourth-order valence-electron chi connectivity index (χ4n) is 15.5. The Kier molecular flexibility index (Phi) is 13.1. The summed E-state index contributed by atoms with van der Waals surface area (Å²) in [5.74, 6) is 1.87. The molecule has 0 saturated heterocycles. The van der Waals surface area contributed by atoms with Crippen molar-refractivity contribution in [3.63, 3.8) is 0 Å². The molecule has 5 nitrogen and oxygen atoms in total. The standard InChI is InChI=1S/C85H88N4O/c1-54-47-74(86-52-66(54)76-77-68(82(8,9)43-45-84(77,12)13)51-69-78(76)85(14,15)46-44-83(69,10)11)89-72-40-26-34-61(55-27-17-16-18-28-55)75(72)65-42-41-60(50-73(65)89)90-59-32-24-31-58(49-59)87-53-88(71-39-22-21-38-70(71)87)79-62(56-29-23-30-57(48-56)80(2,3)4)35-25-36-64(79)63-33-19-20-37-67(63)81(5,6)7/h16-42,47-52H,43-46,53H2,1-15H3/i1D3. The van der Waals surface area contributed by atoms with E-state index in [1.807, 2.05) is 24.4 Å². The van der Waals surface area contributed by atoms with Gasteiger partial charge in [-0.1, -0.05) is 230 Å². The highest BCUT2D eigenvalue weighted by Gasteiger charge is 2.47. The van der Waals surface area contributed by atoms with E-state index in [-0.39, 0.29) is 32.5 Å². The van der Waals surface area contributed by atoms with Crippen LogP contribution >= 0.6 is 0 Å². The molecule has 14 rings (SSSR count). The molecule has 0 saturated carbocycles. The van der Waals surface area contributed by atoms with E-state index in [0.29, 0.717) is 35.1 Å². The van der Waals surface area contributed by atoms with Crippen LogP contribution in [0.1, 0.15) is 166 Å². The third-order valence-corrected chi connectivity index (χ3v) is 20.6. The van der Waals surface area contributed by atoms with Crippen molar-refractivity contribution in [1.29, 1.82) is 0 Å². The van der Waals surface area contributed by atoms with Crippen LogP contribution in [0.25, 0.3) is 72.1 Å². The number of aromatic nitrogens is 2. The van der Waals surface area contributed by atoms with E-state index in [4.69, 9.17) is 9.72 Å². The number of fused-ring (bicyclic) bond motifs is 6. The lowest BCUT2D eigenvalue weighted by Crippen LogP contribution is -2.40. The van der Waals surface area contributed by atoms with E-state index in [9.17, 15) is 4.11 Å². The van der Waals surface area contributed by atoms with E-state index in [2.05, 4.69) is 287 Å². The van der Waals surface area contributed by atoms with Crippen molar-refractivity contribution in [2.75, 3.05) is 16.5 Å². The maximum Gasteiger partial charge on any atom is 0.137 e. The zero-order valence-corrected chi connectivity index (χ0v) is 55.3. The Morgan fingerprint density at radius 1 is 0.467 bits per heavy atom. The van der Waals surface area contributed by atoms with E-state index >= 15 is 0 Å². The number of rotatable bonds is 9. The molecule has 0 spiro atoms. The second-order valence-corrected chi connectivity index (χ2v) is 30.7. The number of nitrogens with zero attached hydrogens (tertiary/aromatic N) is 4. The predicted molar refractivity (Wildman–Crippen MR) is 382 cm³/mol. The summed E-state index contributed by atoms with van der Waals surface area (Å²) in [6.45, 7) is 30.8. The SMILES string of the molecule is [2H]C([2H])([2H])c1cc(-n2c3cc(Oc4cccc(N5CN(c6c(-c7cccc(C(C)(C)C)c7)cccc6-c6ccccc6C(C)(C)C)c6ccccc65)c4)ccc3c3c(-c4ccccc4)cccc32)ncc1-c1c2c(cc3c1C(C)(C)CCC3(C)C)C(C)(C)CCC2(C)C. The number of pyridine rings is 1. The van der Waals surface area contributed by atoms with Crippen molar-refractivity contribution in [3.8, 4) is 61.8 Å². The highest BCUT2D eigenvalue weighted by Crippen LogP contribution is 2.59. The molecule has 90 heavy (non-hydrogen) atoms. The van der Waals surface area contributed by atoms with Gasteiger partial charge in [-0.3, -0.25) is 4.57 Å². The van der Waals surface area contributed by atoms with Crippen LogP contribution in [0.5, 0.6) is 11.5 Å². The normalized spacial score (nSPS) is 17.1. The molecule has 0 unspecified atom stereocenters. The molecule has 0 bridgehead atoms. The second kappa shape index (κ2) is 21.2. The minimum absolute atomic E-state index is 0.0316. The van der Waals surface area contributed by atoms with Crippen molar-refractivity contribution < 1.29 is 8.85 Å². The lowest BCUT2D eigenvalue weighted by atomic mass is 9.55. The van der Waals surface area contributed by atoms with Crippen LogP contribution in [-0.4, -0.2) is 16.2 Å². The van der Waals surface area contributed by atoms with Gasteiger partial charge in [-0.25, -0.2) is 4.98 Å². The predicted octanol–water partition coefficient (Wildman–Crippen LogP) is 23.5. The van der Waals surface area contributed by atoms with E-state index in [1.165, 1.54) is 55.6 Å². The first-order valence-corrected chi connectivity index (χ1v) is 32.6. The molecule has 0 radical (unpaired) electrons. The molecule has 11 aromatic rings. The van der Waals surface area contributed by atoms with Gasteiger partial charge in [0.1, 0.15) is 24.0 Å². The number of benzene rings is 9. The summed E-state index contributed by atoms with van der Waals surface area (Å²) in [6, 6.07) is 69.7. The maximum absolute atomic E-state index is 9.54. The summed E-state index contributed by atoms with van der Waals surface area (Å²) in [7, 11) is 0. The van der Waals surface area contributed by atoms with Crippen molar-refractivity contribution in [2.45, 2.75) is 162 Å². The van der Waals surface area contributed by atoms with Crippen LogP contribution < -0.4 is 14.5 Å². The molecule has 0 N–H and O–H groups in total. The summed E-state index contributed by atoms with van der Waals surface area (Å²) in [6.07, 6.45) is 6.02. The zero-order chi connectivity index (χ0) is 65.5. The monoisotopic (exact) mass is 1180 g/mol. The quantitative estimate of drug-likeness (QED) is 0.144. The summed E-state index contributed by atoms with van der Waals surface area (Å²) < 4.78 is 37.9. The van der Waals surface area contributed by atoms with Gasteiger partial charge in [-0.05, 0) is 180 Å². The molecule has 3 heterocycles. The van der Waals surface area contributed by atoms with E-state index in [1.54, 1.807) is 0 Å². The van der Waals surface area contributed by atoms with Crippen LogP contribution in [0.3, 0.4) is 0 Å². The summed E-state index contributed by atoms with van der Waals surface area (Å²) in [5.41, 5.74) is 22.3. The maximum atomic E-state index is 9.54. The number of para-hydroxylation sites is 3. The second-order valence-electron chi connectivity index (χ2n) is 30.7. The van der Waals surface area contributed by atoms with Gasteiger partial charge >= 0.3 is 0 Å². The molecule has 5 heteroatoms. The molecular formula is C85H88N4O. The Bertz CT molecular complexity index is 4720. The van der Waals surface area contributed by atoms with Crippen LogP contribution in [0.15, 0.2) is 200 Å². The van der Waals surface area contributed by atoms with Gasteiger partial charge in [0.2, 0.25) is 0 Å². The fraction of sp³-hybridized carbons (Fsp3) is 0.306. The Hall–Kier alpha value is -8.67. The highest BCUT2D eigenvalue weighted by molar-refractivity contribution is 6.16. The smallest absolute Gasteiger partial charge is 0.137 e. The molecule has 1 aliphatic heterocycles. The van der Waals surface area contributed by atoms with Crippen molar-refractivity contribution >= 4 is 44.6 Å². The molecule has 2 aliphatic carbocycles. The zero-order valence-electron chi connectivity index (χ0n) is 58.3. The molecule has 0 amide bonds. The van der Waals surface area contributed by atoms with Gasteiger partial charge < -0.3 is 14.5 Å². The fourth-order valence-corrected chi connectivity index (χ4v) is 15.5. The highest BCUT2D eigenvalue weighted by atomic mass is 16.5. The minimum Gasteiger partial charge on any atom is -0.457 e. The number of hydrogen-bond donors (Lipinski definition) is 0. The third kappa shape index (κ3) is 9.94. The molecule has 2 aromatic heterocycles. The van der Waals surface area contributed by atoms with Gasteiger partial charge in [0.05, 0.1) is 28.1 Å². The first-order chi connectivity index (χ1) is 44.0. The average molecular weight is 1180 g/mol. The molecule has 0 fully saturated rings. The van der Waals surface area contributed by atoms with Crippen LogP contribution in [0, 0.1) is 6.85 Å². The Labute approximate surface area is 539 Å². The van der Waals surface area contributed by atoms with Crippen LogP contribution in [0.4, 0.5) is 22.7 Å². The van der Waals surface area contributed by atoms with Gasteiger partial charge in [0.25, 0.3) is 0 Å². The summed E-state index contributed by atoms with van der Waals surface area (Å²) in [4.78, 5) is 10.4. The Morgan fingerprint density at radius 2 is 1.06 bits per heavy atom. The number of anilines is 4. The van der Waals surface area contributed by atoms with Crippen molar-refractivity contribution in [2.24, 2.45) is 0 Å². The van der Waals surface area contributed by atoms with E-state index < -0.39 is 6.85 Å². The molecule has 0 atom stereocenters. The van der Waals surface area contributed by atoms with Gasteiger partial charge in [0.15, 0.2) is 0 Å².